The van der Waals surface area contributed by atoms with Gasteiger partial charge in [0.2, 0.25) is 0 Å². The van der Waals surface area contributed by atoms with Crippen LogP contribution in [-0.4, -0.2) is 11.6 Å². The Morgan fingerprint density at radius 2 is 1.55 bits per heavy atom. The van der Waals surface area contributed by atoms with E-state index in [0.29, 0.717) is 23.2 Å². The number of ketones is 2. The minimum absolute atomic E-state index is 0.0406. The summed E-state index contributed by atoms with van der Waals surface area (Å²) in [7, 11) is 0. The summed E-state index contributed by atoms with van der Waals surface area (Å²) in [5.41, 5.74) is 7.37. The van der Waals surface area contributed by atoms with Crippen molar-refractivity contribution in [2.24, 2.45) is 0 Å². The molecule has 3 nitrogen and oxygen atoms in total. The highest BCUT2D eigenvalue weighted by Crippen LogP contribution is 2.18. The van der Waals surface area contributed by atoms with Crippen molar-refractivity contribution >= 4 is 17.3 Å². The molecule has 0 unspecified atom stereocenters. The molecule has 0 aliphatic heterocycles. The summed E-state index contributed by atoms with van der Waals surface area (Å²) in [6, 6.07) is 4.95. The van der Waals surface area contributed by atoms with E-state index in [1.807, 2.05) is 0 Å². The Balaban J connectivity index is 2.33. The van der Waals surface area contributed by atoms with E-state index in [4.69, 9.17) is 5.73 Å². The van der Waals surface area contributed by atoms with Crippen molar-refractivity contribution in [3.63, 3.8) is 0 Å². The molecule has 0 aromatic heterocycles. The van der Waals surface area contributed by atoms with E-state index >= 15 is 0 Å². The Bertz CT molecular complexity index is 494. The number of rotatable bonds is 11. The molecule has 3 heteroatoms. The highest BCUT2D eigenvalue weighted by atomic mass is 16.1. The van der Waals surface area contributed by atoms with Gasteiger partial charge >= 0.3 is 0 Å². The molecule has 0 aliphatic rings. The van der Waals surface area contributed by atoms with Crippen LogP contribution in [0.15, 0.2) is 18.2 Å². The number of nitrogens with two attached hydrogens (primary N) is 1. The summed E-state index contributed by atoms with van der Waals surface area (Å²) in [4.78, 5) is 23.6. The molecule has 22 heavy (non-hydrogen) atoms. The predicted octanol–water partition coefficient (Wildman–Crippen LogP) is 5.18. The van der Waals surface area contributed by atoms with Crippen LogP contribution in [0.4, 0.5) is 5.69 Å². The highest BCUT2D eigenvalue weighted by molar-refractivity contribution is 6.04. The third-order valence-electron chi connectivity index (χ3n) is 4.02. The molecule has 0 spiro atoms. The van der Waals surface area contributed by atoms with Crippen molar-refractivity contribution in [3.8, 4) is 0 Å². The molecule has 0 bridgehead atoms. The van der Waals surface area contributed by atoms with Crippen molar-refractivity contribution in [1.82, 2.24) is 0 Å². The maximum Gasteiger partial charge on any atom is 0.164 e. The first-order valence-corrected chi connectivity index (χ1v) is 8.50. The average molecular weight is 303 g/mol. The fraction of sp³-hybridized carbons (Fsp3) is 0.579. The normalized spacial score (nSPS) is 10.6. The van der Waals surface area contributed by atoms with Crippen molar-refractivity contribution < 1.29 is 9.59 Å². The average Bonchev–Trinajstić information content (AvgIpc) is 2.50. The maximum absolute atomic E-state index is 12.2. The van der Waals surface area contributed by atoms with Gasteiger partial charge in [0.05, 0.1) is 0 Å². The van der Waals surface area contributed by atoms with E-state index < -0.39 is 0 Å². The van der Waals surface area contributed by atoms with Gasteiger partial charge in [-0.15, -0.1) is 0 Å². The quantitative estimate of drug-likeness (QED) is 0.348. The number of carbonyl (C=O) groups is 2. The molecule has 2 N–H and O–H groups in total. The molecule has 0 fully saturated rings. The molecule has 1 aromatic rings. The minimum Gasteiger partial charge on any atom is -0.398 e. The lowest BCUT2D eigenvalue weighted by Crippen LogP contribution is -2.06. The van der Waals surface area contributed by atoms with Gasteiger partial charge in [0.15, 0.2) is 11.6 Å². The van der Waals surface area contributed by atoms with Crippen LogP contribution in [-0.2, 0) is 0 Å². The highest BCUT2D eigenvalue weighted by Gasteiger charge is 2.11. The monoisotopic (exact) mass is 303 g/mol. The van der Waals surface area contributed by atoms with E-state index in [2.05, 4.69) is 6.92 Å². The Morgan fingerprint density at radius 3 is 2.14 bits per heavy atom. The first-order valence-electron chi connectivity index (χ1n) is 8.50. The number of hydrogen-bond acceptors (Lipinski definition) is 3. The Morgan fingerprint density at radius 1 is 0.955 bits per heavy atom. The van der Waals surface area contributed by atoms with Gasteiger partial charge in [-0.05, 0) is 31.5 Å². The summed E-state index contributed by atoms with van der Waals surface area (Å²) < 4.78 is 0. The van der Waals surface area contributed by atoms with Gasteiger partial charge in [0, 0.05) is 23.2 Å². The third-order valence-corrected chi connectivity index (χ3v) is 4.02. The van der Waals surface area contributed by atoms with Gasteiger partial charge in [-0.2, -0.15) is 0 Å². The maximum atomic E-state index is 12.2. The number of nitrogen functional groups attached to an aromatic ring is 1. The number of carbonyl (C=O) groups excluding carboxylic acids is 2. The van der Waals surface area contributed by atoms with Gasteiger partial charge in [0.25, 0.3) is 0 Å². The smallest absolute Gasteiger partial charge is 0.164 e. The second-order valence-corrected chi connectivity index (χ2v) is 6.01. The number of hydrogen-bond donors (Lipinski definition) is 1. The first-order chi connectivity index (χ1) is 10.6. The molecule has 0 saturated heterocycles. The molecular weight excluding hydrogens is 274 g/mol. The van der Waals surface area contributed by atoms with E-state index in [-0.39, 0.29) is 11.6 Å². The van der Waals surface area contributed by atoms with Crippen molar-refractivity contribution in [1.29, 1.82) is 0 Å². The largest absolute Gasteiger partial charge is 0.398 e. The van der Waals surface area contributed by atoms with Crippen LogP contribution < -0.4 is 5.73 Å². The molecule has 0 radical (unpaired) electrons. The van der Waals surface area contributed by atoms with E-state index in [1.54, 1.807) is 18.2 Å². The zero-order chi connectivity index (χ0) is 16.4. The topological polar surface area (TPSA) is 60.2 Å². The molecule has 122 valence electrons. The molecule has 1 rings (SSSR count). The summed E-state index contributed by atoms with van der Waals surface area (Å²) in [5.74, 6) is 0.00714. The Hall–Kier alpha value is -1.64. The van der Waals surface area contributed by atoms with Gasteiger partial charge in [-0.25, -0.2) is 0 Å². The summed E-state index contributed by atoms with van der Waals surface area (Å²) in [6.07, 6.45) is 10.2. The third kappa shape index (κ3) is 6.42. The molecule has 0 amide bonds. The fourth-order valence-electron chi connectivity index (χ4n) is 2.57. The van der Waals surface area contributed by atoms with Gasteiger partial charge < -0.3 is 5.73 Å². The zero-order valence-corrected chi connectivity index (χ0v) is 14.0. The molecule has 0 heterocycles. The predicted molar refractivity (Wildman–Crippen MR) is 92.4 cm³/mol. The molecule has 1 aromatic carbocycles. The zero-order valence-electron chi connectivity index (χ0n) is 14.0. The van der Waals surface area contributed by atoms with Crippen molar-refractivity contribution in [3.05, 3.63) is 29.3 Å². The summed E-state index contributed by atoms with van der Waals surface area (Å²) in [6.45, 7) is 3.72. The van der Waals surface area contributed by atoms with Crippen molar-refractivity contribution in [2.75, 3.05) is 5.73 Å². The molecular formula is C19H29NO2. The molecule has 0 saturated carbocycles. The van der Waals surface area contributed by atoms with Crippen LogP contribution in [0.5, 0.6) is 0 Å². The summed E-state index contributed by atoms with van der Waals surface area (Å²) in [5, 5.41) is 0. The van der Waals surface area contributed by atoms with Crippen LogP contribution in [0.25, 0.3) is 0 Å². The van der Waals surface area contributed by atoms with Crippen LogP contribution in [0.3, 0.4) is 0 Å². The standard InChI is InChI=1S/C19H29NO2/c1-3-4-5-6-7-8-9-10-11-19(22)17-14-16(15(2)21)12-13-18(17)20/h12-14H,3-11,20H2,1-2H3. The van der Waals surface area contributed by atoms with E-state index in [9.17, 15) is 9.59 Å². The Kier molecular flexibility index (Phi) is 8.49. The second-order valence-electron chi connectivity index (χ2n) is 6.01. The molecule has 0 atom stereocenters. The van der Waals surface area contributed by atoms with Crippen LogP contribution >= 0.6 is 0 Å². The fourth-order valence-corrected chi connectivity index (χ4v) is 2.57. The van der Waals surface area contributed by atoms with Gasteiger partial charge in [-0.3, -0.25) is 9.59 Å². The van der Waals surface area contributed by atoms with Gasteiger partial charge in [-0.1, -0.05) is 51.9 Å². The minimum atomic E-state index is -0.0406. The van der Waals surface area contributed by atoms with Crippen LogP contribution in [0.2, 0.25) is 0 Å². The lowest BCUT2D eigenvalue weighted by atomic mass is 9.99. The number of anilines is 1. The lowest BCUT2D eigenvalue weighted by molar-refractivity contribution is 0.0980. The van der Waals surface area contributed by atoms with Crippen molar-refractivity contribution in [2.45, 2.75) is 71.6 Å². The van der Waals surface area contributed by atoms with Crippen LogP contribution in [0.1, 0.15) is 92.4 Å². The Labute approximate surface area is 134 Å². The van der Waals surface area contributed by atoms with Crippen LogP contribution in [0, 0.1) is 0 Å². The first kappa shape index (κ1) is 18.4. The van der Waals surface area contributed by atoms with E-state index in [0.717, 1.165) is 12.8 Å². The molecule has 0 aliphatic carbocycles. The number of benzene rings is 1. The number of unbranched alkanes of at least 4 members (excludes halogenated alkanes) is 7. The second kappa shape index (κ2) is 10.1. The number of Topliss-reactive ketones (excluding diaryl/α,β-unsaturated/α-hetero) is 2. The summed E-state index contributed by atoms with van der Waals surface area (Å²) >= 11 is 0. The lowest BCUT2D eigenvalue weighted by Gasteiger charge is -2.07. The van der Waals surface area contributed by atoms with Gasteiger partial charge in [0.1, 0.15) is 0 Å². The van der Waals surface area contributed by atoms with E-state index in [1.165, 1.54) is 45.4 Å². The SMILES string of the molecule is CCCCCCCCCCC(=O)c1cc(C(C)=O)ccc1N.